The van der Waals surface area contributed by atoms with E-state index in [4.69, 9.17) is 5.73 Å². The predicted molar refractivity (Wildman–Crippen MR) is 110 cm³/mol. The zero-order chi connectivity index (χ0) is 21.6. The molecule has 0 spiro atoms. The quantitative estimate of drug-likeness (QED) is 0.576. The number of amides is 5. The fourth-order valence-corrected chi connectivity index (χ4v) is 4.20. The standard InChI is InChI=1S/C21H17N3O5S/c1-30-10-9-15(23-17(25)11-5-2-3-6-12(11)18(23)26)20(28)24-19(27)13-7-4-8-14(22)16(13)21(24)29/h2-8,15H,9-10,22H2,1H3. The minimum atomic E-state index is -1.28. The Kier molecular flexibility index (Phi) is 4.90. The van der Waals surface area contributed by atoms with Crippen molar-refractivity contribution < 1.29 is 24.0 Å². The number of nitrogens with zero attached hydrogens (tertiary/aromatic N) is 2. The summed E-state index contributed by atoms with van der Waals surface area (Å²) in [6.45, 7) is 0. The Morgan fingerprint density at radius 1 is 0.900 bits per heavy atom. The van der Waals surface area contributed by atoms with Crippen LogP contribution in [0.2, 0.25) is 0 Å². The van der Waals surface area contributed by atoms with Crippen molar-refractivity contribution in [2.24, 2.45) is 0 Å². The van der Waals surface area contributed by atoms with Crippen LogP contribution in [-0.4, -0.2) is 57.4 Å². The van der Waals surface area contributed by atoms with Gasteiger partial charge in [-0.1, -0.05) is 18.2 Å². The maximum atomic E-state index is 13.4. The lowest BCUT2D eigenvalue weighted by atomic mass is 10.1. The largest absolute Gasteiger partial charge is 0.398 e. The fraction of sp³-hybridized carbons (Fsp3) is 0.190. The Morgan fingerprint density at radius 2 is 1.50 bits per heavy atom. The number of nitrogens with two attached hydrogens (primary N) is 1. The first-order chi connectivity index (χ1) is 14.4. The first-order valence-electron chi connectivity index (χ1n) is 9.15. The second kappa shape index (κ2) is 7.42. The van der Waals surface area contributed by atoms with Crippen LogP contribution in [0.4, 0.5) is 5.69 Å². The molecule has 8 nitrogen and oxygen atoms in total. The molecule has 2 aliphatic heterocycles. The van der Waals surface area contributed by atoms with Gasteiger partial charge in [-0.15, -0.1) is 0 Å². The van der Waals surface area contributed by atoms with Crippen molar-refractivity contribution in [3.8, 4) is 0 Å². The number of hydrogen-bond donors (Lipinski definition) is 1. The second-order valence-corrected chi connectivity index (χ2v) is 7.86. The normalized spacial score (nSPS) is 16.2. The van der Waals surface area contributed by atoms with Gasteiger partial charge in [0.1, 0.15) is 6.04 Å². The molecule has 2 N–H and O–H groups in total. The second-order valence-electron chi connectivity index (χ2n) is 6.88. The molecule has 0 aromatic heterocycles. The topological polar surface area (TPSA) is 118 Å². The molecule has 4 rings (SSSR count). The molecule has 2 aliphatic rings. The van der Waals surface area contributed by atoms with E-state index in [1.165, 1.54) is 42.1 Å². The molecule has 2 aromatic carbocycles. The van der Waals surface area contributed by atoms with Crippen LogP contribution >= 0.6 is 11.8 Å². The minimum absolute atomic E-state index is 0.0272. The number of rotatable bonds is 5. The third kappa shape index (κ3) is 2.81. The molecule has 5 amide bonds. The lowest BCUT2D eigenvalue weighted by molar-refractivity contribution is -0.130. The summed E-state index contributed by atoms with van der Waals surface area (Å²) in [5.41, 5.74) is 6.29. The van der Waals surface area contributed by atoms with E-state index in [1.807, 2.05) is 6.26 Å². The van der Waals surface area contributed by atoms with Crippen molar-refractivity contribution in [1.82, 2.24) is 9.80 Å². The van der Waals surface area contributed by atoms with Gasteiger partial charge < -0.3 is 5.73 Å². The van der Waals surface area contributed by atoms with Gasteiger partial charge in [0.25, 0.3) is 29.5 Å². The molecular weight excluding hydrogens is 406 g/mol. The van der Waals surface area contributed by atoms with E-state index >= 15 is 0 Å². The monoisotopic (exact) mass is 423 g/mol. The molecule has 9 heteroatoms. The number of nitrogen functional groups attached to an aromatic ring is 1. The summed E-state index contributed by atoms with van der Waals surface area (Å²) in [7, 11) is 0. The molecule has 0 saturated carbocycles. The van der Waals surface area contributed by atoms with Gasteiger partial charge in [-0.25, -0.2) is 4.90 Å². The van der Waals surface area contributed by atoms with Crippen molar-refractivity contribution >= 4 is 47.0 Å². The number of carbonyl (C=O) groups excluding carboxylic acids is 5. The average molecular weight is 423 g/mol. The number of imide groups is 4. The van der Waals surface area contributed by atoms with Crippen LogP contribution in [0, 0.1) is 0 Å². The molecule has 1 unspecified atom stereocenters. The van der Waals surface area contributed by atoms with E-state index in [1.54, 1.807) is 12.1 Å². The zero-order valence-corrected chi connectivity index (χ0v) is 16.8. The van der Waals surface area contributed by atoms with E-state index in [0.29, 0.717) is 10.7 Å². The van der Waals surface area contributed by atoms with Gasteiger partial charge in [0.15, 0.2) is 0 Å². The van der Waals surface area contributed by atoms with Crippen molar-refractivity contribution in [3.05, 3.63) is 64.7 Å². The SMILES string of the molecule is CSCCC(C(=O)N1C(=O)c2cccc(N)c2C1=O)N1C(=O)c2ccccc2C1=O. The highest BCUT2D eigenvalue weighted by Crippen LogP contribution is 2.31. The summed E-state index contributed by atoms with van der Waals surface area (Å²) in [5.74, 6) is -3.36. The smallest absolute Gasteiger partial charge is 0.270 e. The zero-order valence-electron chi connectivity index (χ0n) is 16.0. The average Bonchev–Trinajstić information content (AvgIpc) is 3.14. The highest BCUT2D eigenvalue weighted by molar-refractivity contribution is 7.98. The Balaban J connectivity index is 1.73. The lowest BCUT2D eigenvalue weighted by Crippen LogP contribution is -2.52. The van der Waals surface area contributed by atoms with Gasteiger partial charge in [-0.2, -0.15) is 11.8 Å². The molecule has 0 fully saturated rings. The highest BCUT2D eigenvalue weighted by atomic mass is 32.2. The fourth-order valence-electron chi connectivity index (χ4n) is 3.74. The third-order valence-electron chi connectivity index (χ3n) is 5.19. The van der Waals surface area contributed by atoms with Gasteiger partial charge in [0, 0.05) is 5.69 Å². The van der Waals surface area contributed by atoms with Gasteiger partial charge in [-0.05, 0) is 42.7 Å². The van der Waals surface area contributed by atoms with E-state index in [-0.39, 0.29) is 34.4 Å². The summed E-state index contributed by atoms with van der Waals surface area (Å²) in [5, 5.41) is 0. The van der Waals surface area contributed by atoms with Gasteiger partial charge in [-0.3, -0.25) is 28.9 Å². The van der Waals surface area contributed by atoms with Crippen LogP contribution in [0.5, 0.6) is 0 Å². The summed E-state index contributed by atoms with van der Waals surface area (Å²) in [6.07, 6.45) is 1.92. The van der Waals surface area contributed by atoms with E-state index in [9.17, 15) is 24.0 Å². The molecule has 2 aromatic rings. The van der Waals surface area contributed by atoms with Crippen LogP contribution in [-0.2, 0) is 4.79 Å². The Hall–Kier alpha value is -3.46. The number of thioether (sulfide) groups is 1. The molecule has 1 atom stereocenters. The number of fused-ring (bicyclic) bond motifs is 2. The summed E-state index contributed by atoms with van der Waals surface area (Å²) in [4.78, 5) is 66.2. The maximum Gasteiger partial charge on any atom is 0.270 e. The van der Waals surface area contributed by atoms with Crippen LogP contribution < -0.4 is 5.73 Å². The number of anilines is 1. The van der Waals surface area contributed by atoms with Crippen molar-refractivity contribution in [3.63, 3.8) is 0 Å². The number of hydrogen-bond acceptors (Lipinski definition) is 7. The summed E-state index contributed by atoms with van der Waals surface area (Å²) in [6, 6.07) is 9.38. The Bertz CT molecular complexity index is 1090. The van der Waals surface area contributed by atoms with E-state index in [0.717, 1.165) is 4.90 Å². The summed E-state index contributed by atoms with van der Waals surface area (Å²) >= 11 is 1.42. The van der Waals surface area contributed by atoms with Crippen molar-refractivity contribution in [1.29, 1.82) is 0 Å². The number of benzene rings is 2. The van der Waals surface area contributed by atoms with Crippen LogP contribution in [0.15, 0.2) is 42.5 Å². The van der Waals surface area contributed by atoms with Crippen molar-refractivity contribution in [2.75, 3.05) is 17.7 Å². The molecule has 0 bridgehead atoms. The highest BCUT2D eigenvalue weighted by Gasteiger charge is 2.49. The first-order valence-corrected chi connectivity index (χ1v) is 10.5. The molecule has 0 aliphatic carbocycles. The molecule has 0 saturated heterocycles. The molecule has 30 heavy (non-hydrogen) atoms. The van der Waals surface area contributed by atoms with E-state index in [2.05, 4.69) is 0 Å². The van der Waals surface area contributed by atoms with Gasteiger partial charge in [0.2, 0.25) is 0 Å². The van der Waals surface area contributed by atoms with Gasteiger partial charge in [0.05, 0.1) is 22.3 Å². The molecule has 0 radical (unpaired) electrons. The van der Waals surface area contributed by atoms with Gasteiger partial charge >= 0.3 is 0 Å². The Labute approximate surface area is 176 Å². The molecule has 152 valence electrons. The third-order valence-corrected chi connectivity index (χ3v) is 5.83. The van der Waals surface area contributed by atoms with E-state index < -0.39 is 35.6 Å². The van der Waals surface area contributed by atoms with Crippen LogP contribution in [0.25, 0.3) is 0 Å². The molecular formula is C21H17N3O5S. The van der Waals surface area contributed by atoms with Crippen LogP contribution in [0.3, 0.4) is 0 Å². The maximum absolute atomic E-state index is 13.4. The number of carbonyl (C=O) groups is 5. The van der Waals surface area contributed by atoms with Crippen LogP contribution in [0.1, 0.15) is 47.9 Å². The lowest BCUT2D eigenvalue weighted by Gasteiger charge is -2.27. The minimum Gasteiger partial charge on any atom is -0.398 e. The van der Waals surface area contributed by atoms with Crippen molar-refractivity contribution in [2.45, 2.75) is 12.5 Å². The predicted octanol–water partition coefficient (Wildman–Crippen LogP) is 1.81. The first kappa shape index (κ1) is 19.8. The molecule has 2 heterocycles. The Morgan fingerprint density at radius 3 is 2.07 bits per heavy atom. The summed E-state index contributed by atoms with van der Waals surface area (Å²) < 4.78 is 0.